The number of isocyanates is 1. The van der Waals surface area contributed by atoms with Gasteiger partial charge in [-0.15, -0.1) is 0 Å². The number of hydrogen-bond donors (Lipinski definition) is 1. The van der Waals surface area contributed by atoms with E-state index in [1.807, 2.05) is 0 Å². The average Bonchev–Trinajstić information content (AvgIpc) is 0.918. The molecule has 0 aliphatic rings. The maximum Gasteiger partial charge on any atom is 0.231 e. The minimum atomic E-state index is 0. The zero-order valence-electron chi connectivity index (χ0n) is 2.41. The summed E-state index contributed by atoms with van der Waals surface area (Å²) in [6.45, 7) is 0. The van der Waals surface area contributed by atoms with Crippen molar-refractivity contribution in [3.8, 4) is 0 Å². The molecule has 0 spiro atoms. The Morgan fingerprint density at radius 1 is 1.75 bits per heavy atom. The van der Waals surface area contributed by atoms with Crippen molar-refractivity contribution in [1.82, 2.24) is 0 Å². The van der Waals surface area contributed by atoms with Crippen molar-refractivity contribution in [2.75, 3.05) is 0 Å². The van der Waals surface area contributed by atoms with E-state index in [2.05, 4.69) is 0 Å². The van der Waals surface area contributed by atoms with Gasteiger partial charge in [-0.3, -0.25) is 0 Å². The Kier molecular flexibility index (Phi) is 20.0. The molecule has 0 bridgehead atoms. The van der Waals surface area contributed by atoms with Gasteiger partial charge in [0.15, 0.2) is 0 Å². The van der Waals surface area contributed by atoms with Crippen LogP contribution < -0.4 is 0 Å². The first-order valence-electron chi connectivity index (χ1n) is 0.454. The quantitative estimate of drug-likeness (QED) is 0.239. The van der Waals surface area contributed by atoms with Gasteiger partial charge in [0.2, 0.25) is 6.08 Å². The number of nitrogens with one attached hydrogen (secondary N) is 1. The predicted molar refractivity (Wildman–Crippen MR) is 14.2 cm³/mol. The second kappa shape index (κ2) is 8.99. The zero-order valence-corrected chi connectivity index (χ0v) is 5.53. The van der Waals surface area contributed by atoms with Crippen LogP contribution in [0.25, 0.3) is 0 Å². The number of hydrogen-bond acceptors (Lipinski definition) is 2. The minimum Gasteiger partial charge on any atom is -0.222 e. The van der Waals surface area contributed by atoms with Crippen molar-refractivity contribution < 1.29 is 4.79 Å². The Morgan fingerprint density at radius 3 is 1.75 bits per heavy atom. The van der Waals surface area contributed by atoms with Gasteiger partial charge in [0.25, 0.3) is 0 Å². The second-order valence-corrected chi connectivity index (χ2v) is 0.102. The molecule has 1 N–H and O–H groups in total. The van der Waals surface area contributed by atoms with Gasteiger partial charge in [0, 0.05) is 51.4 Å². The molecule has 0 unspecified atom stereocenters. The molecular weight excluding hydrogens is 81.1 g/mol. The van der Waals surface area contributed by atoms with Crippen molar-refractivity contribution >= 4 is 57.5 Å². The van der Waals surface area contributed by atoms with Crippen LogP contribution in [0.4, 0.5) is 0 Å². The third-order valence-corrected chi connectivity index (χ3v) is 0. The van der Waals surface area contributed by atoms with Crippen LogP contribution in [0.5, 0.6) is 0 Å². The van der Waals surface area contributed by atoms with Gasteiger partial charge in [0.1, 0.15) is 0 Å². The molecule has 0 aromatic carbocycles. The summed E-state index contributed by atoms with van der Waals surface area (Å²) in [6.07, 6.45) is 0.750. The summed E-state index contributed by atoms with van der Waals surface area (Å²) in [7, 11) is 0. The summed E-state index contributed by atoms with van der Waals surface area (Å²) in [4.78, 5) is 8.35. The molecule has 0 heterocycles. The van der Waals surface area contributed by atoms with E-state index in [9.17, 15) is 0 Å². The summed E-state index contributed by atoms with van der Waals surface area (Å²) in [6, 6.07) is 0. The first-order valence-corrected chi connectivity index (χ1v) is 0.454. The molecule has 0 amide bonds. The van der Waals surface area contributed by atoms with Crippen LogP contribution in [-0.4, -0.2) is 57.5 Å². The molecule has 0 saturated heterocycles. The summed E-state index contributed by atoms with van der Waals surface area (Å²) >= 11 is 0. The molecule has 17 valence electrons. The third kappa shape index (κ3) is 11.9. The molecule has 0 aliphatic heterocycles. The Balaban J connectivity index is 0. The van der Waals surface area contributed by atoms with Gasteiger partial charge in [-0.1, -0.05) is 0 Å². The summed E-state index contributed by atoms with van der Waals surface area (Å²) in [5.74, 6) is 0. The molecule has 0 fully saturated rings. The predicted octanol–water partition coefficient (Wildman–Crippen LogP) is -0.480. The van der Waals surface area contributed by atoms with Crippen LogP contribution in [-0.2, 0) is 4.79 Å². The molecule has 1 radical (unpaired) electrons. The normalized spacial score (nSPS) is 2.00. The molecule has 0 aromatic rings. The van der Waals surface area contributed by atoms with Crippen LogP contribution in [0.1, 0.15) is 0 Å². The van der Waals surface area contributed by atoms with Crippen molar-refractivity contribution in [2.24, 2.45) is 0 Å². The summed E-state index contributed by atoms with van der Waals surface area (Å²) < 4.78 is 0. The third-order valence-electron chi connectivity index (χ3n) is 0. The minimum absolute atomic E-state index is 0. The smallest absolute Gasteiger partial charge is 0.222 e. The molecule has 4 heavy (non-hydrogen) atoms. The number of rotatable bonds is 0. The van der Waals surface area contributed by atoms with Crippen molar-refractivity contribution in [3.63, 3.8) is 0 Å². The van der Waals surface area contributed by atoms with E-state index in [0.717, 1.165) is 6.08 Å². The van der Waals surface area contributed by atoms with E-state index < -0.39 is 0 Å². The van der Waals surface area contributed by atoms with Crippen LogP contribution in [0.2, 0.25) is 0 Å². The van der Waals surface area contributed by atoms with Crippen LogP contribution in [0.15, 0.2) is 0 Å². The van der Waals surface area contributed by atoms with E-state index in [0.29, 0.717) is 0 Å². The van der Waals surface area contributed by atoms with Gasteiger partial charge in [0.05, 0.1) is 0 Å². The topological polar surface area (TPSA) is 40.9 Å². The number of carbonyl (C=O) groups excluding carboxylic acids is 1. The Morgan fingerprint density at radius 2 is 1.75 bits per heavy atom. The van der Waals surface area contributed by atoms with Gasteiger partial charge in [-0.25, -0.2) is 10.2 Å². The van der Waals surface area contributed by atoms with E-state index in [4.69, 9.17) is 10.2 Å². The van der Waals surface area contributed by atoms with Crippen molar-refractivity contribution in [3.05, 3.63) is 0 Å². The SMILES string of the molecule is N=C=O.[K]. The largest absolute Gasteiger partial charge is 0.231 e. The Labute approximate surface area is 66.5 Å². The van der Waals surface area contributed by atoms with E-state index in [1.165, 1.54) is 0 Å². The summed E-state index contributed by atoms with van der Waals surface area (Å²) in [5.41, 5.74) is 0. The Bertz CT molecular complexity index is 29.0. The maximum absolute atomic E-state index is 8.35. The molecular formula is CHKNO. The van der Waals surface area contributed by atoms with Crippen molar-refractivity contribution in [2.45, 2.75) is 0 Å². The van der Waals surface area contributed by atoms with Gasteiger partial charge >= 0.3 is 0 Å². The van der Waals surface area contributed by atoms with Gasteiger partial charge in [-0.05, 0) is 0 Å². The van der Waals surface area contributed by atoms with Gasteiger partial charge in [-0.2, -0.15) is 0 Å². The first kappa shape index (κ1) is 8.89. The molecule has 0 saturated carbocycles. The fourth-order valence-electron chi connectivity index (χ4n) is 0. The zero-order chi connectivity index (χ0) is 2.71. The molecule has 3 heteroatoms. The second-order valence-electron chi connectivity index (χ2n) is 0.102. The van der Waals surface area contributed by atoms with Crippen LogP contribution >= 0.6 is 0 Å². The average molecular weight is 82.1 g/mol. The molecule has 2 nitrogen and oxygen atoms in total. The summed E-state index contributed by atoms with van der Waals surface area (Å²) in [5, 5.41) is 5.40. The fraction of sp³-hybridized carbons (Fsp3) is 0. The fourth-order valence-corrected chi connectivity index (χ4v) is 0. The molecule has 0 rings (SSSR count). The standard InChI is InChI=1S/CHNO.K/c2-1-3;/h2H;. The van der Waals surface area contributed by atoms with E-state index in [-0.39, 0.29) is 51.4 Å². The van der Waals surface area contributed by atoms with E-state index in [1.54, 1.807) is 0 Å². The van der Waals surface area contributed by atoms with Crippen LogP contribution in [0, 0.1) is 5.41 Å². The molecule has 0 atom stereocenters. The maximum atomic E-state index is 8.35. The van der Waals surface area contributed by atoms with Crippen LogP contribution in [0.3, 0.4) is 0 Å². The van der Waals surface area contributed by atoms with Crippen molar-refractivity contribution in [1.29, 1.82) is 5.41 Å². The first-order chi connectivity index (χ1) is 1.41. The van der Waals surface area contributed by atoms with Gasteiger partial charge < -0.3 is 0 Å². The monoisotopic (exact) mass is 82.0 g/mol. The molecule has 0 aromatic heterocycles. The Hall–Kier alpha value is 1.02. The molecule has 0 aliphatic carbocycles. The van der Waals surface area contributed by atoms with E-state index >= 15 is 0 Å².